The molecule has 0 spiro atoms. The van der Waals surface area contributed by atoms with E-state index in [9.17, 15) is 9.90 Å². The second-order valence-corrected chi connectivity index (χ2v) is 6.74. The van der Waals surface area contributed by atoms with Gasteiger partial charge in [0.1, 0.15) is 4.88 Å². The van der Waals surface area contributed by atoms with Crippen LogP contribution in [0.25, 0.3) is 0 Å². The summed E-state index contributed by atoms with van der Waals surface area (Å²) in [6.07, 6.45) is 2.47. The van der Waals surface area contributed by atoms with Gasteiger partial charge >= 0.3 is 5.97 Å². The normalized spacial score (nSPS) is 15.0. The SMILES string of the molecule is O=C(O)c1sccc1CN(Cc1cccs1)C1CC1. The first kappa shape index (κ1) is 12.8. The van der Waals surface area contributed by atoms with Crippen molar-refractivity contribution in [3.63, 3.8) is 0 Å². The molecule has 1 aliphatic rings. The van der Waals surface area contributed by atoms with Gasteiger partial charge in [-0.25, -0.2) is 4.79 Å². The first-order valence-corrected chi connectivity index (χ1v) is 8.06. The number of carboxylic acid groups (broad SMARTS) is 1. The minimum absolute atomic E-state index is 0.483. The van der Waals surface area contributed by atoms with Crippen molar-refractivity contribution in [1.82, 2.24) is 4.90 Å². The Hall–Kier alpha value is -1.17. The highest BCUT2D eigenvalue weighted by molar-refractivity contribution is 7.12. The van der Waals surface area contributed by atoms with Crippen LogP contribution in [0.4, 0.5) is 0 Å². The summed E-state index contributed by atoms with van der Waals surface area (Å²) >= 11 is 3.08. The van der Waals surface area contributed by atoms with E-state index in [4.69, 9.17) is 0 Å². The Bertz CT molecular complexity index is 558. The van der Waals surface area contributed by atoms with Crippen LogP contribution >= 0.6 is 22.7 Å². The second-order valence-electron chi connectivity index (χ2n) is 4.80. The fraction of sp³-hybridized carbons (Fsp3) is 0.357. The molecule has 1 N–H and O–H groups in total. The maximum Gasteiger partial charge on any atom is 0.346 e. The summed E-state index contributed by atoms with van der Waals surface area (Å²) in [5.41, 5.74) is 0.945. The van der Waals surface area contributed by atoms with Crippen LogP contribution < -0.4 is 0 Å². The zero-order valence-corrected chi connectivity index (χ0v) is 12.0. The first-order chi connectivity index (χ1) is 9.24. The lowest BCUT2D eigenvalue weighted by Gasteiger charge is -2.21. The minimum atomic E-state index is -0.808. The molecule has 1 saturated carbocycles. The molecule has 5 heteroatoms. The van der Waals surface area contributed by atoms with Crippen LogP contribution in [0.2, 0.25) is 0 Å². The lowest BCUT2D eigenvalue weighted by Crippen LogP contribution is -2.25. The van der Waals surface area contributed by atoms with E-state index in [2.05, 4.69) is 22.4 Å². The Morgan fingerprint density at radius 2 is 2.11 bits per heavy atom. The maximum absolute atomic E-state index is 11.2. The molecule has 2 aromatic heterocycles. The molecule has 19 heavy (non-hydrogen) atoms. The van der Waals surface area contributed by atoms with Gasteiger partial charge < -0.3 is 5.11 Å². The highest BCUT2D eigenvalue weighted by atomic mass is 32.1. The van der Waals surface area contributed by atoms with E-state index in [0.717, 1.165) is 18.7 Å². The van der Waals surface area contributed by atoms with Crippen LogP contribution in [-0.4, -0.2) is 22.0 Å². The number of rotatable bonds is 6. The van der Waals surface area contributed by atoms with Gasteiger partial charge in [0.2, 0.25) is 0 Å². The Balaban J connectivity index is 1.74. The molecular weight excluding hydrogens is 278 g/mol. The molecule has 0 radical (unpaired) electrons. The first-order valence-electron chi connectivity index (χ1n) is 6.30. The van der Waals surface area contributed by atoms with Crippen molar-refractivity contribution in [3.8, 4) is 0 Å². The van der Waals surface area contributed by atoms with Gasteiger partial charge in [-0.15, -0.1) is 22.7 Å². The zero-order valence-electron chi connectivity index (χ0n) is 10.4. The average molecular weight is 293 g/mol. The molecule has 0 bridgehead atoms. The number of thiophene rings is 2. The van der Waals surface area contributed by atoms with Gasteiger partial charge in [-0.2, -0.15) is 0 Å². The third-order valence-electron chi connectivity index (χ3n) is 3.32. The summed E-state index contributed by atoms with van der Waals surface area (Å²) in [6.45, 7) is 1.67. The maximum atomic E-state index is 11.2. The summed E-state index contributed by atoms with van der Waals surface area (Å²) in [4.78, 5) is 15.4. The van der Waals surface area contributed by atoms with E-state index in [1.54, 1.807) is 11.3 Å². The highest BCUT2D eigenvalue weighted by Crippen LogP contribution is 2.31. The standard InChI is InChI=1S/C14H15NO2S2/c16-14(17)13-10(5-7-19-13)8-15(11-3-4-11)9-12-2-1-6-18-12/h1-2,5-7,11H,3-4,8-9H2,(H,16,17). The predicted octanol–water partition coefficient (Wildman–Crippen LogP) is 3.67. The third kappa shape index (κ3) is 3.05. The van der Waals surface area contributed by atoms with Crippen molar-refractivity contribution in [3.05, 3.63) is 44.3 Å². The number of carboxylic acids is 1. The van der Waals surface area contributed by atoms with E-state index in [-0.39, 0.29) is 0 Å². The van der Waals surface area contributed by atoms with Crippen LogP contribution in [-0.2, 0) is 13.1 Å². The van der Waals surface area contributed by atoms with Crippen molar-refractivity contribution in [2.24, 2.45) is 0 Å². The number of carbonyl (C=O) groups is 1. The number of hydrogen-bond donors (Lipinski definition) is 1. The van der Waals surface area contributed by atoms with Gasteiger partial charge in [0.25, 0.3) is 0 Å². The monoisotopic (exact) mass is 293 g/mol. The molecule has 0 amide bonds. The van der Waals surface area contributed by atoms with E-state index in [0.29, 0.717) is 10.9 Å². The lowest BCUT2D eigenvalue weighted by molar-refractivity contribution is 0.0699. The third-order valence-corrected chi connectivity index (χ3v) is 5.12. The summed E-state index contributed by atoms with van der Waals surface area (Å²) in [5, 5.41) is 13.1. The topological polar surface area (TPSA) is 40.5 Å². The molecule has 2 aromatic rings. The van der Waals surface area contributed by atoms with Crippen LogP contribution in [0.5, 0.6) is 0 Å². The lowest BCUT2D eigenvalue weighted by atomic mass is 10.2. The molecule has 1 aliphatic carbocycles. The summed E-state index contributed by atoms with van der Waals surface area (Å²) in [7, 11) is 0. The second kappa shape index (κ2) is 5.45. The molecule has 2 heterocycles. The largest absolute Gasteiger partial charge is 0.477 e. The van der Waals surface area contributed by atoms with Gasteiger partial charge in [-0.1, -0.05) is 6.07 Å². The molecule has 3 rings (SSSR count). The number of nitrogens with zero attached hydrogens (tertiary/aromatic N) is 1. The Morgan fingerprint density at radius 1 is 1.26 bits per heavy atom. The Labute approximate surface area is 120 Å². The van der Waals surface area contributed by atoms with Crippen molar-refractivity contribution in [2.45, 2.75) is 32.0 Å². The molecule has 0 atom stereocenters. The summed E-state index contributed by atoms with van der Waals surface area (Å²) < 4.78 is 0. The van der Waals surface area contributed by atoms with Gasteiger partial charge in [-0.3, -0.25) is 4.90 Å². The van der Waals surface area contributed by atoms with Gasteiger partial charge in [0.15, 0.2) is 0 Å². The van der Waals surface area contributed by atoms with Crippen LogP contribution in [0.15, 0.2) is 29.0 Å². The van der Waals surface area contributed by atoms with Crippen molar-refractivity contribution in [1.29, 1.82) is 0 Å². The van der Waals surface area contributed by atoms with Gasteiger partial charge in [-0.05, 0) is 41.3 Å². The summed E-state index contributed by atoms with van der Waals surface area (Å²) in [6, 6.07) is 6.78. The average Bonchev–Trinajstić information content (AvgIpc) is 2.90. The number of hydrogen-bond acceptors (Lipinski definition) is 4. The van der Waals surface area contributed by atoms with Crippen molar-refractivity contribution in [2.75, 3.05) is 0 Å². The Morgan fingerprint density at radius 3 is 2.74 bits per heavy atom. The van der Waals surface area contributed by atoms with Crippen LogP contribution in [0.3, 0.4) is 0 Å². The fourth-order valence-corrected chi connectivity index (χ4v) is 3.71. The van der Waals surface area contributed by atoms with E-state index in [1.165, 1.54) is 29.1 Å². The van der Waals surface area contributed by atoms with Crippen LogP contribution in [0, 0.1) is 0 Å². The van der Waals surface area contributed by atoms with E-state index >= 15 is 0 Å². The fourth-order valence-electron chi connectivity index (χ4n) is 2.22. The molecule has 100 valence electrons. The van der Waals surface area contributed by atoms with Crippen molar-refractivity contribution >= 4 is 28.6 Å². The zero-order chi connectivity index (χ0) is 13.2. The highest BCUT2D eigenvalue weighted by Gasteiger charge is 2.30. The summed E-state index contributed by atoms with van der Waals surface area (Å²) in [5.74, 6) is -0.808. The molecule has 0 unspecified atom stereocenters. The number of aromatic carboxylic acids is 1. The minimum Gasteiger partial charge on any atom is -0.477 e. The van der Waals surface area contributed by atoms with E-state index in [1.807, 2.05) is 11.4 Å². The Kier molecular flexibility index (Phi) is 3.68. The van der Waals surface area contributed by atoms with Crippen molar-refractivity contribution < 1.29 is 9.90 Å². The molecule has 3 nitrogen and oxygen atoms in total. The molecule has 1 fully saturated rings. The molecule has 0 saturated heterocycles. The predicted molar refractivity (Wildman–Crippen MR) is 77.9 cm³/mol. The van der Waals surface area contributed by atoms with Gasteiger partial charge in [0, 0.05) is 24.0 Å². The quantitative estimate of drug-likeness (QED) is 0.883. The smallest absolute Gasteiger partial charge is 0.346 e. The molecule has 0 aromatic carbocycles. The van der Waals surface area contributed by atoms with Crippen LogP contribution in [0.1, 0.15) is 33.0 Å². The van der Waals surface area contributed by atoms with Gasteiger partial charge in [0.05, 0.1) is 0 Å². The molecular formula is C14H15NO2S2. The molecule has 0 aliphatic heterocycles. The van der Waals surface area contributed by atoms with E-state index < -0.39 is 5.97 Å².